The van der Waals surface area contributed by atoms with Gasteiger partial charge < -0.3 is 11.1 Å². The molecule has 0 heterocycles. The zero-order chi connectivity index (χ0) is 16.8. The molecule has 0 fully saturated rings. The summed E-state index contributed by atoms with van der Waals surface area (Å²) in [6, 6.07) is 24.1. The van der Waals surface area contributed by atoms with Crippen LogP contribution < -0.4 is 11.1 Å². The van der Waals surface area contributed by atoms with Crippen LogP contribution >= 0.6 is 11.8 Å². The van der Waals surface area contributed by atoms with Gasteiger partial charge in [-0.3, -0.25) is 4.79 Å². The van der Waals surface area contributed by atoms with E-state index in [0.29, 0.717) is 12.3 Å². The lowest BCUT2D eigenvalue weighted by atomic mass is 10.1. The number of nitrogens with two attached hydrogens (primary N) is 1. The summed E-state index contributed by atoms with van der Waals surface area (Å²) < 4.78 is 0. The van der Waals surface area contributed by atoms with E-state index in [1.807, 2.05) is 42.5 Å². The summed E-state index contributed by atoms with van der Waals surface area (Å²) in [5, 5.41) is 5.30. The van der Waals surface area contributed by atoms with Gasteiger partial charge in [-0.05, 0) is 28.5 Å². The zero-order valence-corrected chi connectivity index (χ0v) is 14.1. The number of nitrogens with one attached hydrogen (secondary N) is 1. The second-order valence-corrected chi connectivity index (χ2v) is 6.67. The molecule has 0 spiro atoms. The van der Waals surface area contributed by atoms with Crippen molar-refractivity contribution in [1.29, 1.82) is 0 Å². The van der Waals surface area contributed by atoms with E-state index in [4.69, 9.17) is 5.73 Å². The summed E-state index contributed by atoms with van der Waals surface area (Å²) >= 11 is 1.54. The van der Waals surface area contributed by atoms with E-state index in [1.165, 1.54) is 22.5 Å². The largest absolute Gasteiger partial charge is 0.353 e. The molecule has 0 aromatic heterocycles. The van der Waals surface area contributed by atoms with Crippen LogP contribution in [0.25, 0.3) is 10.8 Å². The standard InChI is InChI=1S/C20H20N2OS/c21-19(16-7-2-1-3-8-16)13-22-20(23)14-24-18-11-10-15-6-4-5-9-17(15)12-18/h1-12,19H,13-14,21H2,(H,22,23)/t19-/m1/s1. The lowest BCUT2D eigenvalue weighted by Crippen LogP contribution is -2.32. The van der Waals surface area contributed by atoms with Gasteiger partial charge in [-0.2, -0.15) is 0 Å². The first-order valence-corrected chi connectivity index (χ1v) is 8.90. The van der Waals surface area contributed by atoms with Crippen molar-refractivity contribution in [2.45, 2.75) is 10.9 Å². The van der Waals surface area contributed by atoms with Gasteiger partial charge in [0.05, 0.1) is 5.75 Å². The smallest absolute Gasteiger partial charge is 0.230 e. The third-order valence-electron chi connectivity index (χ3n) is 3.84. The molecule has 0 saturated heterocycles. The Labute approximate surface area is 146 Å². The number of carbonyl (C=O) groups excluding carboxylic acids is 1. The lowest BCUT2D eigenvalue weighted by molar-refractivity contribution is -0.118. The predicted molar refractivity (Wildman–Crippen MR) is 101 cm³/mol. The van der Waals surface area contributed by atoms with Crippen LogP contribution in [-0.2, 0) is 4.79 Å². The number of hydrogen-bond acceptors (Lipinski definition) is 3. The molecule has 3 aromatic carbocycles. The third-order valence-corrected chi connectivity index (χ3v) is 4.83. The number of benzene rings is 3. The molecule has 0 radical (unpaired) electrons. The summed E-state index contributed by atoms with van der Waals surface area (Å²) in [4.78, 5) is 13.1. The molecule has 3 N–H and O–H groups in total. The molecule has 24 heavy (non-hydrogen) atoms. The van der Waals surface area contributed by atoms with Crippen molar-refractivity contribution >= 4 is 28.4 Å². The second-order valence-electron chi connectivity index (χ2n) is 5.62. The van der Waals surface area contributed by atoms with Gasteiger partial charge in [-0.15, -0.1) is 11.8 Å². The van der Waals surface area contributed by atoms with Crippen molar-refractivity contribution in [3.05, 3.63) is 78.4 Å². The average molecular weight is 336 g/mol. The molecule has 0 aliphatic heterocycles. The van der Waals surface area contributed by atoms with Gasteiger partial charge in [0.1, 0.15) is 0 Å². The van der Waals surface area contributed by atoms with Crippen LogP contribution in [0, 0.1) is 0 Å². The molecule has 4 heteroatoms. The fraction of sp³-hybridized carbons (Fsp3) is 0.150. The number of hydrogen-bond donors (Lipinski definition) is 2. The van der Waals surface area contributed by atoms with Crippen LogP contribution in [0.2, 0.25) is 0 Å². The van der Waals surface area contributed by atoms with Gasteiger partial charge >= 0.3 is 0 Å². The van der Waals surface area contributed by atoms with Crippen LogP contribution in [0.5, 0.6) is 0 Å². The quantitative estimate of drug-likeness (QED) is 0.674. The Morgan fingerprint density at radius 2 is 1.67 bits per heavy atom. The molecule has 3 aromatic rings. The second kappa shape index (κ2) is 7.99. The monoisotopic (exact) mass is 336 g/mol. The molecular weight excluding hydrogens is 316 g/mol. The molecule has 0 aliphatic rings. The highest BCUT2D eigenvalue weighted by Crippen LogP contribution is 2.23. The zero-order valence-electron chi connectivity index (χ0n) is 13.3. The highest BCUT2D eigenvalue weighted by molar-refractivity contribution is 8.00. The van der Waals surface area contributed by atoms with E-state index in [-0.39, 0.29) is 11.9 Å². The van der Waals surface area contributed by atoms with Crippen molar-refractivity contribution in [2.75, 3.05) is 12.3 Å². The van der Waals surface area contributed by atoms with Crippen molar-refractivity contribution in [2.24, 2.45) is 5.73 Å². The van der Waals surface area contributed by atoms with Crippen LogP contribution in [0.15, 0.2) is 77.7 Å². The molecular formula is C20H20N2OS. The summed E-state index contributed by atoms with van der Waals surface area (Å²) in [6.07, 6.45) is 0. The first-order valence-electron chi connectivity index (χ1n) is 7.91. The van der Waals surface area contributed by atoms with Gasteiger partial charge in [0.2, 0.25) is 5.91 Å². The molecule has 0 unspecified atom stereocenters. The topological polar surface area (TPSA) is 55.1 Å². The Kier molecular flexibility index (Phi) is 5.51. The molecule has 0 saturated carbocycles. The molecule has 3 nitrogen and oxygen atoms in total. The first-order chi connectivity index (χ1) is 11.7. The average Bonchev–Trinajstić information content (AvgIpc) is 2.65. The van der Waals surface area contributed by atoms with Gasteiger partial charge in [0.25, 0.3) is 0 Å². The predicted octanol–water partition coefficient (Wildman–Crippen LogP) is 3.75. The minimum absolute atomic E-state index is 0.000426. The van der Waals surface area contributed by atoms with Crippen LogP contribution in [0.4, 0.5) is 0 Å². The maximum Gasteiger partial charge on any atom is 0.230 e. The Hall–Kier alpha value is -2.30. The summed E-state index contributed by atoms with van der Waals surface area (Å²) in [5.74, 6) is 0.388. The maximum absolute atomic E-state index is 12.0. The maximum atomic E-state index is 12.0. The third kappa shape index (κ3) is 4.37. The van der Waals surface area contributed by atoms with Crippen LogP contribution in [0.1, 0.15) is 11.6 Å². The number of amides is 1. The van der Waals surface area contributed by atoms with E-state index in [9.17, 15) is 4.79 Å². The minimum atomic E-state index is -0.180. The SMILES string of the molecule is N[C@H](CNC(=O)CSc1ccc2ccccc2c1)c1ccccc1. The number of carbonyl (C=O) groups is 1. The van der Waals surface area contributed by atoms with Crippen molar-refractivity contribution in [3.8, 4) is 0 Å². The summed E-state index contributed by atoms with van der Waals surface area (Å²) in [7, 11) is 0. The normalized spacial score (nSPS) is 12.0. The number of fused-ring (bicyclic) bond motifs is 1. The highest BCUT2D eigenvalue weighted by Gasteiger charge is 2.08. The van der Waals surface area contributed by atoms with E-state index >= 15 is 0 Å². The van der Waals surface area contributed by atoms with Gasteiger partial charge in [0.15, 0.2) is 0 Å². The minimum Gasteiger partial charge on any atom is -0.353 e. The molecule has 3 rings (SSSR count). The van der Waals surface area contributed by atoms with Crippen molar-refractivity contribution in [1.82, 2.24) is 5.32 Å². The van der Waals surface area contributed by atoms with E-state index in [0.717, 1.165) is 10.5 Å². The Balaban J connectivity index is 1.49. The summed E-state index contributed by atoms with van der Waals surface area (Å²) in [6.45, 7) is 0.446. The Morgan fingerprint density at radius 3 is 2.46 bits per heavy atom. The van der Waals surface area contributed by atoms with Crippen molar-refractivity contribution in [3.63, 3.8) is 0 Å². The number of rotatable bonds is 6. The molecule has 1 atom stereocenters. The van der Waals surface area contributed by atoms with E-state index in [1.54, 1.807) is 0 Å². The van der Waals surface area contributed by atoms with Gasteiger partial charge in [-0.25, -0.2) is 0 Å². The summed E-state index contributed by atoms with van der Waals surface area (Å²) in [5.41, 5.74) is 7.12. The van der Waals surface area contributed by atoms with E-state index < -0.39 is 0 Å². The van der Waals surface area contributed by atoms with Gasteiger partial charge in [-0.1, -0.05) is 60.7 Å². The lowest BCUT2D eigenvalue weighted by Gasteiger charge is -2.13. The fourth-order valence-corrected chi connectivity index (χ4v) is 3.27. The molecule has 0 aliphatic carbocycles. The number of thioether (sulfide) groups is 1. The van der Waals surface area contributed by atoms with E-state index in [2.05, 4.69) is 35.6 Å². The van der Waals surface area contributed by atoms with Gasteiger partial charge in [0, 0.05) is 17.5 Å². The first kappa shape index (κ1) is 16.6. The molecule has 0 bridgehead atoms. The van der Waals surface area contributed by atoms with Crippen molar-refractivity contribution < 1.29 is 4.79 Å². The van der Waals surface area contributed by atoms with Crippen LogP contribution in [0.3, 0.4) is 0 Å². The highest BCUT2D eigenvalue weighted by atomic mass is 32.2. The Morgan fingerprint density at radius 1 is 0.958 bits per heavy atom. The molecule has 1 amide bonds. The Bertz CT molecular complexity index is 820. The fourth-order valence-electron chi connectivity index (χ4n) is 2.50. The van der Waals surface area contributed by atoms with Crippen LogP contribution in [-0.4, -0.2) is 18.2 Å². The molecule has 122 valence electrons.